The van der Waals surface area contributed by atoms with Crippen molar-refractivity contribution in [1.29, 1.82) is 0 Å². The summed E-state index contributed by atoms with van der Waals surface area (Å²) in [5, 5.41) is 0. The molecule has 8 nitrogen and oxygen atoms in total. The number of ether oxygens (including phenoxy) is 2. The number of aryl methyl sites for hydroxylation is 1. The van der Waals surface area contributed by atoms with Crippen LogP contribution >= 0.6 is 15.9 Å². The molecule has 35 heavy (non-hydrogen) atoms. The van der Waals surface area contributed by atoms with Gasteiger partial charge in [0, 0.05) is 34.5 Å². The molecule has 0 saturated carbocycles. The zero-order valence-corrected chi connectivity index (χ0v) is 21.7. The number of rotatable bonds is 7. The Kier molecular flexibility index (Phi) is 7.16. The Morgan fingerprint density at radius 3 is 2.69 bits per heavy atom. The lowest BCUT2D eigenvalue weighted by atomic mass is 9.90. The molecule has 1 aliphatic rings. The third kappa shape index (κ3) is 5.19. The second-order valence-electron chi connectivity index (χ2n) is 9.02. The molecule has 1 aliphatic heterocycles. The molecule has 3 heterocycles. The lowest BCUT2D eigenvalue weighted by Gasteiger charge is -2.20. The highest BCUT2D eigenvalue weighted by Crippen LogP contribution is 2.34. The number of esters is 2. The molecule has 0 radical (unpaired) electrons. The molecule has 0 amide bonds. The largest absolute Gasteiger partial charge is 0.469 e. The number of hydrogen-bond donors (Lipinski definition) is 0. The summed E-state index contributed by atoms with van der Waals surface area (Å²) in [4.78, 5) is 38.6. The Balaban J connectivity index is 1.65. The lowest BCUT2D eigenvalue weighted by molar-refractivity contribution is -0.158. The van der Waals surface area contributed by atoms with Crippen molar-refractivity contribution in [3.05, 3.63) is 76.0 Å². The standard InChI is InChI=1S/C26H27BrN4O4/c1-16-15-29-24-20(10-12-35-22(32)14-26(2,3)25(33)34-4)30-23(19-7-5-6-11-28-19)18-13-17(27)8-9-21(18)31(16)24/h5-9,11,13,15,20H,10,12,14H2,1-4H3/t20-/m0/s1. The average molecular weight is 539 g/mol. The van der Waals surface area contributed by atoms with Gasteiger partial charge >= 0.3 is 11.9 Å². The predicted octanol–water partition coefficient (Wildman–Crippen LogP) is 4.75. The molecule has 2 aromatic heterocycles. The van der Waals surface area contributed by atoms with Gasteiger partial charge in [-0.2, -0.15) is 0 Å². The first-order chi connectivity index (χ1) is 16.7. The molecule has 0 bridgehead atoms. The van der Waals surface area contributed by atoms with Gasteiger partial charge in [-0.1, -0.05) is 22.0 Å². The zero-order valence-electron chi connectivity index (χ0n) is 20.1. The number of halogens is 1. The quantitative estimate of drug-likeness (QED) is 0.402. The van der Waals surface area contributed by atoms with Crippen LogP contribution in [0.4, 0.5) is 0 Å². The number of aliphatic imine (C=N–C) groups is 1. The van der Waals surface area contributed by atoms with Crippen LogP contribution in [0, 0.1) is 12.3 Å². The van der Waals surface area contributed by atoms with E-state index in [-0.39, 0.29) is 19.1 Å². The zero-order chi connectivity index (χ0) is 25.2. The van der Waals surface area contributed by atoms with Gasteiger partial charge in [0.25, 0.3) is 0 Å². The maximum Gasteiger partial charge on any atom is 0.311 e. The number of aromatic nitrogens is 3. The van der Waals surface area contributed by atoms with Crippen molar-refractivity contribution in [3.8, 4) is 5.69 Å². The Labute approximate surface area is 212 Å². The molecule has 0 aliphatic carbocycles. The van der Waals surface area contributed by atoms with Crippen LogP contribution in [0.2, 0.25) is 0 Å². The molecule has 0 saturated heterocycles. The van der Waals surface area contributed by atoms with Gasteiger partial charge in [0.15, 0.2) is 0 Å². The van der Waals surface area contributed by atoms with Crippen LogP contribution in [0.25, 0.3) is 5.69 Å². The van der Waals surface area contributed by atoms with Gasteiger partial charge in [0.1, 0.15) is 11.9 Å². The highest BCUT2D eigenvalue weighted by molar-refractivity contribution is 9.10. The highest BCUT2D eigenvalue weighted by Gasteiger charge is 2.33. The smallest absolute Gasteiger partial charge is 0.311 e. The second kappa shape index (κ2) is 10.1. The molecule has 1 aromatic carbocycles. The van der Waals surface area contributed by atoms with Crippen molar-refractivity contribution in [2.75, 3.05) is 13.7 Å². The fraction of sp³-hybridized carbons (Fsp3) is 0.346. The third-order valence-electron chi connectivity index (χ3n) is 5.89. The van der Waals surface area contributed by atoms with E-state index in [1.54, 1.807) is 20.0 Å². The summed E-state index contributed by atoms with van der Waals surface area (Å²) in [7, 11) is 1.30. The summed E-state index contributed by atoms with van der Waals surface area (Å²) in [5.74, 6) is -0.151. The Bertz CT molecular complexity index is 1280. The van der Waals surface area contributed by atoms with E-state index in [9.17, 15) is 9.59 Å². The predicted molar refractivity (Wildman–Crippen MR) is 135 cm³/mol. The van der Waals surface area contributed by atoms with Gasteiger partial charge in [0.05, 0.1) is 42.6 Å². The number of methoxy groups -OCH3 is 1. The summed E-state index contributed by atoms with van der Waals surface area (Å²) in [6, 6.07) is 11.4. The average Bonchev–Trinajstić information content (AvgIpc) is 3.15. The van der Waals surface area contributed by atoms with Crippen LogP contribution in [0.5, 0.6) is 0 Å². The molecule has 4 rings (SSSR count). The molecule has 1 atom stereocenters. The van der Waals surface area contributed by atoms with E-state index in [1.165, 1.54) is 7.11 Å². The topological polar surface area (TPSA) is 95.7 Å². The van der Waals surface area contributed by atoms with Gasteiger partial charge in [-0.15, -0.1) is 0 Å². The summed E-state index contributed by atoms with van der Waals surface area (Å²) < 4.78 is 13.3. The molecule has 3 aromatic rings. The van der Waals surface area contributed by atoms with Gasteiger partial charge in [0.2, 0.25) is 0 Å². The van der Waals surface area contributed by atoms with Gasteiger partial charge in [-0.05, 0) is 51.1 Å². The van der Waals surface area contributed by atoms with Crippen LogP contribution in [-0.4, -0.2) is 45.9 Å². The number of hydrogen-bond acceptors (Lipinski definition) is 7. The molecule has 0 N–H and O–H groups in total. The molecule has 182 valence electrons. The van der Waals surface area contributed by atoms with E-state index in [0.717, 1.165) is 38.6 Å². The van der Waals surface area contributed by atoms with Gasteiger partial charge in [-0.25, -0.2) is 4.98 Å². The van der Waals surface area contributed by atoms with E-state index < -0.39 is 17.4 Å². The molecule has 0 fully saturated rings. The number of carbonyl (C=O) groups excluding carboxylic acids is 2. The number of carbonyl (C=O) groups is 2. The fourth-order valence-corrected chi connectivity index (χ4v) is 4.49. The maximum atomic E-state index is 12.4. The van der Waals surface area contributed by atoms with Crippen LogP contribution in [-0.2, 0) is 19.1 Å². The summed E-state index contributed by atoms with van der Waals surface area (Å²) >= 11 is 3.59. The molecule has 0 unspecified atom stereocenters. The Morgan fingerprint density at radius 1 is 1.17 bits per heavy atom. The van der Waals surface area contributed by atoms with E-state index in [4.69, 9.17) is 14.5 Å². The van der Waals surface area contributed by atoms with Gasteiger partial charge in [-0.3, -0.25) is 24.1 Å². The maximum absolute atomic E-state index is 12.4. The minimum Gasteiger partial charge on any atom is -0.469 e. The minimum atomic E-state index is -0.957. The van der Waals surface area contributed by atoms with Gasteiger partial charge < -0.3 is 9.47 Å². The highest BCUT2D eigenvalue weighted by atomic mass is 79.9. The van der Waals surface area contributed by atoms with Crippen molar-refractivity contribution in [3.63, 3.8) is 0 Å². The summed E-state index contributed by atoms with van der Waals surface area (Å²) in [5.41, 5.74) is 3.40. The first kappa shape index (κ1) is 24.8. The van der Waals surface area contributed by atoms with E-state index in [0.29, 0.717) is 6.42 Å². The normalized spacial score (nSPS) is 14.9. The SMILES string of the molecule is COC(=O)C(C)(C)CC(=O)OCC[C@@H]1N=C(c2ccccn2)c2cc(Br)ccc2-n2c(C)cnc21. The minimum absolute atomic E-state index is 0.0694. The number of fused-ring (bicyclic) bond motifs is 3. The fourth-order valence-electron chi connectivity index (χ4n) is 4.13. The van der Waals surface area contributed by atoms with Crippen molar-refractivity contribution in [1.82, 2.24) is 14.5 Å². The second-order valence-corrected chi connectivity index (χ2v) is 9.94. The van der Waals surface area contributed by atoms with Crippen molar-refractivity contribution >= 4 is 33.6 Å². The van der Waals surface area contributed by atoms with E-state index in [1.807, 2.05) is 49.5 Å². The number of pyridine rings is 1. The number of nitrogens with zero attached hydrogens (tertiary/aromatic N) is 4. The number of benzene rings is 1. The molecule has 9 heteroatoms. The summed E-state index contributed by atoms with van der Waals surface area (Å²) in [6.07, 6.45) is 3.91. The van der Waals surface area contributed by atoms with E-state index in [2.05, 4.69) is 30.5 Å². The third-order valence-corrected chi connectivity index (χ3v) is 6.38. The first-order valence-corrected chi connectivity index (χ1v) is 12.1. The number of imidazole rings is 1. The van der Waals surface area contributed by atoms with Crippen molar-refractivity contribution in [2.24, 2.45) is 10.4 Å². The van der Waals surface area contributed by atoms with Crippen molar-refractivity contribution in [2.45, 2.75) is 39.7 Å². The Hall–Kier alpha value is -3.33. The van der Waals surface area contributed by atoms with Crippen molar-refractivity contribution < 1.29 is 19.1 Å². The van der Waals surface area contributed by atoms with Crippen LogP contribution in [0.15, 0.2) is 58.3 Å². The Morgan fingerprint density at radius 2 is 1.97 bits per heavy atom. The van der Waals surface area contributed by atoms with Crippen LogP contribution < -0.4 is 0 Å². The van der Waals surface area contributed by atoms with Crippen LogP contribution in [0.1, 0.15) is 55.5 Å². The molecule has 0 spiro atoms. The molecular weight excluding hydrogens is 512 g/mol. The lowest BCUT2D eigenvalue weighted by Crippen LogP contribution is -2.29. The first-order valence-electron chi connectivity index (χ1n) is 11.3. The van der Waals surface area contributed by atoms with E-state index >= 15 is 0 Å². The monoisotopic (exact) mass is 538 g/mol. The van der Waals surface area contributed by atoms with Crippen LogP contribution in [0.3, 0.4) is 0 Å². The summed E-state index contributed by atoms with van der Waals surface area (Å²) in [6.45, 7) is 5.44. The molecular formula is C26H27BrN4O4.